The molecule has 1 amide bonds. The number of hydrogen-bond donors (Lipinski definition) is 1. The third-order valence-corrected chi connectivity index (χ3v) is 3.68. The molecule has 1 aromatic carbocycles. The fraction of sp³-hybridized carbons (Fsp3) is 0.333. The number of aromatic nitrogens is 2. The molecule has 0 fully saturated rings. The van der Waals surface area contributed by atoms with Gasteiger partial charge in [0.25, 0.3) is 5.91 Å². The highest BCUT2D eigenvalue weighted by Crippen LogP contribution is 2.20. The average Bonchev–Trinajstić information content (AvgIpc) is 2.94. The summed E-state index contributed by atoms with van der Waals surface area (Å²) in [5.41, 5.74) is 0.217. The Morgan fingerprint density at radius 1 is 1.52 bits per heavy atom. The van der Waals surface area contributed by atoms with Gasteiger partial charge in [-0.1, -0.05) is 0 Å². The van der Waals surface area contributed by atoms with Gasteiger partial charge in [-0.05, 0) is 24.6 Å². The van der Waals surface area contributed by atoms with Crippen LogP contribution in [-0.2, 0) is 13.0 Å². The normalized spacial score (nSPS) is 17.1. The molecule has 5 nitrogen and oxygen atoms in total. The maximum Gasteiger partial charge on any atom is 0.255 e. The topological polar surface area (TPSA) is 56.1 Å². The summed E-state index contributed by atoms with van der Waals surface area (Å²) in [5, 5.41) is 2.93. The number of fused-ring (bicyclic) bond motifs is 1. The van der Waals surface area contributed by atoms with Crippen LogP contribution < -0.4 is 10.1 Å². The van der Waals surface area contributed by atoms with E-state index in [2.05, 4.69) is 10.3 Å². The second-order valence-electron chi connectivity index (χ2n) is 5.05. The molecule has 3 rings (SSSR count). The molecule has 1 aliphatic heterocycles. The van der Waals surface area contributed by atoms with Crippen LogP contribution in [0.4, 0.5) is 4.39 Å². The summed E-state index contributed by atoms with van der Waals surface area (Å²) in [5.74, 6) is 0.623. The molecule has 0 saturated carbocycles. The van der Waals surface area contributed by atoms with Crippen LogP contribution in [0.3, 0.4) is 0 Å². The smallest absolute Gasteiger partial charge is 0.255 e. The molecule has 110 valence electrons. The van der Waals surface area contributed by atoms with E-state index in [1.165, 1.54) is 25.3 Å². The summed E-state index contributed by atoms with van der Waals surface area (Å²) in [6.45, 7) is 0.679. The first-order valence-electron chi connectivity index (χ1n) is 6.82. The van der Waals surface area contributed by atoms with E-state index in [1.807, 2.05) is 10.8 Å². The van der Waals surface area contributed by atoms with Gasteiger partial charge >= 0.3 is 0 Å². The number of benzene rings is 1. The Kier molecular flexibility index (Phi) is 3.60. The quantitative estimate of drug-likeness (QED) is 0.937. The van der Waals surface area contributed by atoms with E-state index in [-0.39, 0.29) is 17.5 Å². The number of nitrogens with one attached hydrogen (secondary N) is 1. The summed E-state index contributed by atoms with van der Waals surface area (Å²) in [4.78, 5) is 16.6. The molecule has 0 radical (unpaired) electrons. The van der Waals surface area contributed by atoms with Crippen molar-refractivity contribution < 1.29 is 13.9 Å². The van der Waals surface area contributed by atoms with E-state index in [9.17, 15) is 9.18 Å². The summed E-state index contributed by atoms with van der Waals surface area (Å²) in [7, 11) is 1.46. The largest absolute Gasteiger partial charge is 0.496 e. The van der Waals surface area contributed by atoms with Gasteiger partial charge in [0.05, 0.1) is 12.7 Å². The number of carbonyl (C=O) groups is 1. The molecular weight excluding hydrogens is 273 g/mol. The van der Waals surface area contributed by atoms with Crippen molar-refractivity contribution in [3.8, 4) is 5.75 Å². The number of nitrogens with zero attached hydrogens (tertiary/aromatic N) is 2. The van der Waals surface area contributed by atoms with Crippen LogP contribution in [-0.4, -0.2) is 28.6 Å². The van der Waals surface area contributed by atoms with Crippen LogP contribution in [0.1, 0.15) is 22.6 Å². The summed E-state index contributed by atoms with van der Waals surface area (Å²) in [6.07, 6.45) is 5.30. The molecule has 0 aliphatic carbocycles. The lowest BCUT2D eigenvalue weighted by atomic mass is 10.1. The van der Waals surface area contributed by atoms with Gasteiger partial charge in [-0.15, -0.1) is 0 Å². The van der Waals surface area contributed by atoms with Crippen LogP contribution in [0, 0.1) is 5.82 Å². The zero-order valence-corrected chi connectivity index (χ0v) is 11.7. The number of imidazole rings is 1. The van der Waals surface area contributed by atoms with Gasteiger partial charge in [0.15, 0.2) is 0 Å². The second kappa shape index (κ2) is 5.55. The Morgan fingerprint density at radius 2 is 2.38 bits per heavy atom. The second-order valence-corrected chi connectivity index (χ2v) is 5.05. The number of methoxy groups -OCH3 is 1. The van der Waals surface area contributed by atoms with Gasteiger partial charge in [-0.25, -0.2) is 9.37 Å². The first-order chi connectivity index (χ1) is 10.2. The van der Waals surface area contributed by atoms with Crippen LogP contribution in [0.2, 0.25) is 0 Å². The molecule has 1 aromatic heterocycles. The number of hydrogen-bond acceptors (Lipinski definition) is 3. The highest BCUT2D eigenvalue weighted by Gasteiger charge is 2.22. The maximum absolute atomic E-state index is 13.3. The van der Waals surface area contributed by atoms with Gasteiger partial charge in [-0.2, -0.15) is 0 Å². The third kappa shape index (κ3) is 2.74. The number of aryl methyl sites for hydroxylation is 1. The molecule has 2 heterocycles. The standard InChI is InChI=1S/C15H16FN3O2/c1-21-13-4-2-10(16)8-12(13)15(20)18-11-3-5-14-17-6-7-19(14)9-11/h2,4,6-8,11H,3,5,9H2,1H3,(H,18,20). The Hall–Kier alpha value is -2.37. The van der Waals surface area contributed by atoms with Crippen molar-refractivity contribution in [3.63, 3.8) is 0 Å². The van der Waals surface area contributed by atoms with Crippen LogP contribution >= 0.6 is 0 Å². The molecule has 1 atom stereocenters. The van der Waals surface area contributed by atoms with E-state index in [0.29, 0.717) is 12.3 Å². The predicted octanol–water partition coefficient (Wildman–Crippen LogP) is 1.78. The summed E-state index contributed by atoms with van der Waals surface area (Å²) >= 11 is 0. The fourth-order valence-corrected chi connectivity index (χ4v) is 2.61. The Bertz CT molecular complexity index is 669. The molecule has 1 unspecified atom stereocenters. The lowest BCUT2D eigenvalue weighted by Gasteiger charge is -2.25. The van der Waals surface area contributed by atoms with Crippen molar-refractivity contribution in [2.24, 2.45) is 0 Å². The molecular formula is C15H16FN3O2. The number of rotatable bonds is 3. The fourth-order valence-electron chi connectivity index (χ4n) is 2.61. The number of ether oxygens (including phenoxy) is 1. The molecule has 1 aliphatic rings. The Balaban J connectivity index is 1.74. The zero-order valence-electron chi connectivity index (χ0n) is 11.7. The first-order valence-corrected chi connectivity index (χ1v) is 6.82. The molecule has 0 saturated heterocycles. The first kappa shape index (κ1) is 13.6. The average molecular weight is 289 g/mol. The van der Waals surface area contributed by atoms with Gasteiger partial charge in [0, 0.05) is 31.4 Å². The van der Waals surface area contributed by atoms with Crippen molar-refractivity contribution >= 4 is 5.91 Å². The highest BCUT2D eigenvalue weighted by atomic mass is 19.1. The van der Waals surface area contributed by atoms with Crippen molar-refractivity contribution in [1.82, 2.24) is 14.9 Å². The van der Waals surface area contributed by atoms with Gasteiger partial charge in [0.1, 0.15) is 17.4 Å². The Morgan fingerprint density at radius 3 is 3.19 bits per heavy atom. The Labute approximate surface area is 121 Å². The van der Waals surface area contributed by atoms with E-state index in [1.54, 1.807) is 6.20 Å². The SMILES string of the molecule is COc1ccc(F)cc1C(=O)NC1CCc2nccn2C1. The van der Waals surface area contributed by atoms with Crippen molar-refractivity contribution in [1.29, 1.82) is 0 Å². The molecule has 21 heavy (non-hydrogen) atoms. The van der Waals surface area contributed by atoms with Crippen molar-refractivity contribution in [3.05, 3.63) is 47.8 Å². The van der Waals surface area contributed by atoms with Gasteiger partial charge in [0.2, 0.25) is 0 Å². The molecule has 0 bridgehead atoms. The molecule has 0 spiro atoms. The summed E-state index contributed by atoms with van der Waals surface area (Å²) in [6, 6.07) is 3.93. The van der Waals surface area contributed by atoms with E-state index in [0.717, 1.165) is 18.7 Å². The molecule has 2 aromatic rings. The van der Waals surface area contributed by atoms with Crippen LogP contribution in [0.25, 0.3) is 0 Å². The lowest BCUT2D eigenvalue weighted by molar-refractivity contribution is 0.0924. The van der Waals surface area contributed by atoms with Crippen molar-refractivity contribution in [2.45, 2.75) is 25.4 Å². The zero-order chi connectivity index (χ0) is 14.8. The monoisotopic (exact) mass is 289 g/mol. The minimum absolute atomic E-state index is 0.00664. The molecule has 6 heteroatoms. The maximum atomic E-state index is 13.3. The van der Waals surface area contributed by atoms with E-state index in [4.69, 9.17) is 4.74 Å². The van der Waals surface area contributed by atoms with E-state index >= 15 is 0 Å². The predicted molar refractivity (Wildman–Crippen MR) is 74.8 cm³/mol. The highest BCUT2D eigenvalue weighted by molar-refractivity contribution is 5.97. The minimum Gasteiger partial charge on any atom is -0.496 e. The minimum atomic E-state index is -0.457. The van der Waals surface area contributed by atoms with E-state index < -0.39 is 5.82 Å². The summed E-state index contributed by atoms with van der Waals surface area (Å²) < 4.78 is 20.5. The molecule has 1 N–H and O–H groups in total. The third-order valence-electron chi connectivity index (χ3n) is 3.68. The van der Waals surface area contributed by atoms with Gasteiger partial charge < -0.3 is 14.6 Å². The van der Waals surface area contributed by atoms with Crippen molar-refractivity contribution in [2.75, 3.05) is 7.11 Å². The number of amides is 1. The number of carbonyl (C=O) groups excluding carboxylic acids is 1. The van der Waals surface area contributed by atoms with Gasteiger partial charge in [-0.3, -0.25) is 4.79 Å². The number of halogens is 1. The lowest BCUT2D eigenvalue weighted by Crippen LogP contribution is -2.41. The van der Waals surface area contributed by atoms with Crippen LogP contribution in [0.5, 0.6) is 5.75 Å². The van der Waals surface area contributed by atoms with Crippen LogP contribution in [0.15, 0.2) is 30.6 Å².